The molecule has 3 aromatic carbocycles. The summed E-state index contributed by atoms with van der Waals surface area (Å²) in [7, 11) is 0. The lowest BCUT2D eigenvalue weighted by atomic mass is 9.86. The zero-order chi connectivity index (χ0) is 29.9. The van der Waals surface area contributed by atoms with Crippen molar-refractivity contribution >= 4 is 28.3 Å². The van der Waals surface area contributed by atoms with E-state index in [1.165, 1.54) is 0 Å². The molecule has 0 saturated heterocycles. The highest BCUT2D eigenvalue weighted by Crippen LogP contribution is 2.49. The summed E-state index contributed by atoms with van der Waals surface area (Å²) in [6.45, 7) is 0.905. The average Bonchev–Trinajstić information content (AvgIpc) is 2.76. The number of alkyl halides is 12. The molecule has 0 amide bonds. The van der Waals surface area contributed by atoms with E-state index in [0.29, 0.717) is 30.3 Å². The van der Waals surface area contributed by atoms with Crippen molar-refractivity contribution in [2.24, 2.45) is 0 Å². The smallest absolute Gasteiger partial charge is 0.258 e. The fourth-order valence-electron chi connectivity index (χ4n) is 3.92. The molecule has 0 aliphatic rings. The van der Waals surface area contributed by atoms with Crippen molar-refractivity contribution in [3.05, 3.63) is 84.0 Å². The Hall–Kier alpha value is -3.05. The lowest BCUT2D eigenvalue weighted by Gasteiger charge is -2.22. The molecule has 0 aliphatic heterocycles. The molecule has 0 heterocycles. The normalized spacial score (nSPS) is 13.1. The third-order valence-corrected chi connectivity index (χ3v) is 6.41. The number of halogens is 13. The predicted molar refractivity (Wildman–Crippen MR) is 121 cm³/mol. The molecule has 0 bridgehead atoms. The first-order valence-corrected chi connectivity index (χ1v) is 11.2. The van der Waals surface area contributed by atoms with Crippen molar-refractivity contribution in [3.8, 4) is 22.3 Å². The van der Waals surface area contributed by atoms with Gasteiger partial charge < -0.3 is 0 Å². The molecule has 3 nitrogen and oxygen atoms in total. The van der Waals surface area contributed by atoms with E-state index in [0.717, 1.165) is 29.5 Å². The molecular weight excluding hydrogens is 677 g/mol. The minimum atomic E-state index is -5.68. The van der Waals surface area contributed by atoms with Crippen LogP contribution in [0.15, 0.2) is 42.5 Å². The Labute approximate surface area is 223 Å². The van der Waals surface area contributed by atoms with Crippen LogP contribution < -0.4 is 0 Å². The van der Waals surface area contributed by atoms with Gasteiger partial charge in [0, 0.05) is 9.64 Å². The summed E-state index contributed by atoms with van der Waals surface area (Å²) in [4.78, 5) is 10.2. The maximum Gasteiger partial charge on any atom is 0.418 e. The highest BCUT2D eigenvalue weighted by molar-refractivity contribution is 14.1. The second-order valence-corrected chi connectivity index (χ2v) is 9.18. The van der Waals surface area contributed by atoms with Gasteiger partial charge in [-0.3, -0.25) is 10.1 Å². The topological polar surface area (TPSA) is 43.1 Å². The van der Waals surface area contributed by atoms with Gasteiger partial charge in [-0.05, 0) is 76.0 Å². The van der Waals surface area contributed by atoms with Crippen LogP contribution in [0.25, 0.3) is 22.3 Å². The first-order chi connectivity index (χ1) is 17.5. The lowest BCUT2D eigenvalue weighted by molar-refractivity contribution is -0.384. The molecule has 0 saturated carbocycles. The number of benzene rings is 3. The van der Waals surface area contributed by atoms with Gasteiger partial charge in [-0.2, -0.15) is 52.7 Å². The average molecular weight is 687 g/mol. The Morgan fingerprint density at radius 2 is 1.18 bits per heavy atom. The van der Waals surface area contributed by atoms with E-state index >= 15 is 0 Å². The summed E-state index contributed by atoms with van der Waals surface area (Å²) in [6, 6.07) is 2.32. The summed E-state index contributed by atoms with van der Waals surface area (Å²) in [5.41, 5.74) is -12.4. The minimum absolute atomic E-state index is 0.177. The Morgan fingerprint density at radius 3 is 1.59 bits per heavy atom. The second kappa shape index (κ2) is 9.85. The fourth-order valence-corrected chi connectivity index (χ4v) is 4.80. The highest BCUT2D eigenvalue weighted by Gasteiger charge is 2.46. The quantitative estimate of drug-likeness (QED) is 0.119. The molecule has 16 heteroatoms. The van der Waals surface area contributed by atoms with E-state index in [9.17, 15) is 62.8 Å². The SMILES string of the molecule is Cc1c(-c2cc(C(F)(F)F)c(C(F)(F)F)cc2[N+](=O)[O-])cc(I)c(C(F)(F)F)c1-c1ccc(C(F)(F)F)cc1. The van der Waals surface area contributed by atoms with Crippen molar-refractivity contribution in [2.45, 2.75) is 31.6 Å². The van der Waals surface area contributed by atoms with Crippen molar-refractivity contribution in [1.82, 2.24) is 0 Å². The Kier molecular flexibility index (Phi) is 7.70. The van der Waals surface area contributed by atoms with Crippen LogP contribution in [0.4, 0.5) is 58.4 Å². The molecule has 3 rings (SSSR count). The molecule has 0 unspecified atom stereocenters. The number of hydrogen-bond acceptors (Lipinski definition) is 2. The van der Waals surface area contributed by atoms with E-state index in [-0.39, 0.29) is 12.1 Å². The van der Waals surface area contributed by atoms with Crippen LogP contribution in [-0.4, -0.2) is 4.92 Å². The van der Waals surface area contributed by atoms with Crippen molar-refractivity contribution in [1.29, 1.82) is 0 Å². The maximum absolute atomic E-state index is 14.0. The predicted octanol–water partition coefficient (Wildman–Crippen LogP) is 9.92. The van der Waals surface area contributed by atoms with Gasteiger partial charge in [0.2, 0.25) is 0 Å². The van der Waals surface area contributed by atoms with Gasteiger partial charge in [0.1, 0.15) is 0 Å². The zero-order valence-corrected chi connectivity index (χ0v) is 20.9. The van der Waals surface area contributed by atoms with E-state index in [2.05, 4.69) is 0 Å². The third kappa shape index (κ3) is 6.09. The van der Waals surface area contributed by atoms with Crippen LogP contribution in [-0.2, 0) is 24.7 Å². The molecule has 0 radical (unpaired) electrons. The molecule has 0 atom stereocenters. The molecule has 0 aliphatic carbocycles. The summed E-state index contributed by atoms with van der Waals surface area (Å²) in [6.07, 6.45) is -21.4. The molecular formula is C23H10F12INO2. The first-order valence-electron chi connectivity index (χ1n) is 10.1. The summed E-state index contributed by atoms with van der Waals surface area (Å²) in [5.74, 6) is 0. The standard InChI is InChI=1S/C23H10F12INO2/c1-9-12(13-6-14(21(27,28)29)15(22(30,31)32)8-17(13)37(38)39)7-16(36)19(23(33,34)35)18(9)10-2-4-11(5-3-10)20(24,25)26/h2-8H,1H3. The summed E-state index contributed by atoms with van der Waals surface area (Å²) < 4.78 is 161. The largest absolute Gasteiger partial charge is 0.418 e. The minimum Gasteiger partial charge on any atom is -0.258 e. The van der Waals surface area contributed by atoms with E-state index in [4.69, 9.17) is 0 Å². The first kappa shape index (κ1) is 30.5. The van der Waals surface area contributed by atoms with Gasteiger partial charge in [-0.15, -0.1) is 0 Å². The van der Waals surface area contributed by atoms with Crippen LogP contribution in [0.3, 0.4) is 0 Å². The van der Waals surface area contributed by atoms with Crippen LogP contribution >= 0.6 is 22.6 Å². The molecule has 0 spiro atoms. The van der Waals surface area contributed by atoms with Gasteiger partial charge in [-0.1, -0.05) is 12.1 Å². The molecule has 0 N–H and O–H groups in total. The number of nitro groups is 1. The van der Waals surface area contributed by atoms with E-state index in [1.807, 2.05) is 0 Å². The molecule has 0 fully saturated rings. The van der Waals surface area contributed by atoms with Gasteiger partial charge in [0.25, 0.3) is 5.69 Å². The van der Waals surface area contributed by atoms with Crippen LogP contribution in [0.5, 0.6) is 0 Å². The van der Waals surface area contributed by atoms with Gasteiger partial charge >= 0.3 is 24.7 Å². The summed E-state index contributed by atoms with van der Waals surface area (Å²) >= 11 is 1.13. The van der Waals surface area contributed by atoms with Gasteiger partial charge in [0.05, 0.1) is 32.7 Å². The molecule has 3 aromatic rings. The van der Waals surface area contributed by atoms with Crippen LogP contribution in [0.1, 0.15) is 27.8 Å². The molecule has 210 valence electrons. The monoisotopic (exact) mass is 687 g/mol. The van der Waals surface area contributed by atoms with Crippen molar-refractivity contribution in [3.63, 3.8) is 0 Å². The van der Waals surface area contributed by atoms with Gasteiger partial charge in [-0.25, -0.2) is 0 Å². The number of hydrogen-bond donors (Lipinski definition) is 0. The van der Waals surface area contributed by atoms with Gasteiger partial charge in [0.15, 0.2) is 0 Å². The van der Waals surface area contributed by atoms with Crippen LogP contribution in [0.2, 0.25) is 0 Å². The third-order valence-electron chi connectivity index (χ3n) is 5.56. The highest BCUT2D eigenvalue weighted by atomic mass is 127. The maximum atomic E-state index is 14.0. The van der Waals surface area contributed by atoms with E-state index < -0.39 is 89.0 Å². The molecule has 0 aromatic heterocycles. The Bertz CT molecular complexity index is 1440. The number of rotatable bonds is 3. The second-order valence-electron chi connectivity index (χ2n) is 8.02. The summed E-state index contributed by atoms with van der Waals surface area (Å²) in [5, 5.41) is 11.6. The lowest BCUT2D eigenvalue weighted by Crippen LogP contribution is -2.17. The van der Waals surface area contributed by atoms with Crippen LogP contribution in [0, 0.1) is 20.6 Å². The number of nitrogens with zero attached hydrogens (tertiary/aromatic N) is 1. The Morgan fingerprint density at radius 1 is 0.692 bits per heavy atom. The van der Waals surface area contributed by atoms with E-state index in [1.54, 1.807) is 0 Å². The number of nitro benzene ring substituents is 1. The van der Waals surface area contributed by atoms with Crippen molar-refractivity contribution < 1.29 is 57.6 Å². The Balaban J connectivity index is 2.49. The molecule has 39 heavy (non-hydrogen) atoms. The zero-order valence-electron chi connectivity index (χ0n) is 18.7. The van der Waals surface area contributed by atoms with Crippen molar-refractivity contribution in [2.75, 3.05) is 0 Å². The fraction of sp³-hybridized carbons (Fsp3) is 0.217.